The Morgan fingerprint density at radius 1 is 0.953 bits per heavy atom. The van der Waals surface area contributed by atoms with Crippen LogP contribution >= 0.6 is 0 Å². The minimum atomic E-state index is -4.62. The Labute approximate surface area is 246 Å². The quantitative estimate of drug-likeness (QED) is 0.254. The molecule has 0 unspecified atom stereocenters. The molecule has 43 heavy (non-hydrogen) atoms. The number of hydrogen-bond donors (Lipinski definition) is 0. The summed E-state index contributed by atoms with van der Waals surface area (Å²) in [5.74, 6) is 0.835. The largest absolute Gasteiger partial charge is 0.451 e. The number of rotatable bonds is 8. The molecule has 7 nitrogen and oxygen atoms in total. The van der Waals surface area contributed by atoms with Crippen molar-refractivity contribution in [1.29, 1.82) is 0 Å². The van der Waals surface area contributed by atoms with Gasteiger partial charge < -0.3 is 9.42 Å². The number of carbonyl (C=O) groups excluding carboxylic acids is 1. The van der Waals surface area contributed by atoms with E-state index >= 15 is 0 Å². The molecule has 10 rings (SSSR count). The number of fused-ring (bicyclic) bond motifs is 3. The molecule has 7 fully saturated rings. The topological polar surface area (TPSA) is 85.0 Å². The molecule has 11 heteroatoms. The summed E-state index contributed by atoms with van der Waals surface area (Å²) in [5, 5.41) is 4.27. The van der Waals surface area contributed by atoms with Crippen LogP contribution in [0.1, 0.15) is 101 Å². The zero-order chi connectivity index (χ0) is 29.7. The summed E-state index contributed by atoms with van der Waals surface area (Å²) in [6.07, 6.45) is 7.19. The zero-order valence-electron chi connectivity index (χ0n) is 23.8. The number of hydrogen-bond acceptors (Lipinski definition) is 6. The molecule has 0 radical (unpaired) electrons. The van der Waals surface area contributed by atoms with Crippen LogP contribution in [-0.4, -0.2) is 38.2 Å². The van der Waals surface area contributed by atoms with Gasteiger partial charge in [-0.3, -0.25) is 4.79 Å². The first kappa shape index (κ1) is 27.2. The molecule has 7 saturated carbocycles. The van der Waals surface area contributed by atoms with Gasteiger partial charge in [-0.05, 0) is 99.2 Å². The molecule has 7 aliphatic carbocycles. The number of benzene rings is 1. The van der Waals surface area contributed by atoms with E-state index in [0.717, 1.165) is 75.5 Å². The van der Waals surface area contributed by atoms with Gasteiger partial charge in [0.25, 0.3) is 0 Å². The van der Waals surface area contributed by atoms with Gasteiger partial charge in [0.05, 0.1) is 0 Å². The van der Waals surface area contributed by atoms with Crippen molar-refractivity contribution in [3.05, 3.63) is 54.2 Å². The second kappa shape index (κ2) is 9.08. The van der Waals surface area contributed by atoms with Crippen LogP contribution in [0, 0.1) is 10.8 Å². The van der Waals surface area contributed by atoms with Crippen molar-refractivity contribution < 1.29 is 26.9 Å². The second-order valence-corrected chi connectivity index (χ2v) is 14.2. The molecule has 3 aromatic rings. The molecule has 7 aliphatic rings. The molecule has 0 N–H and O–H groups in total. The van der Waals surface area contributed by atoms with Crippen LogP contribution in [0.5, 0.6) is 0 Å². The van der Waals surface area contributed by atoms with E-state index in [-0.39, 0.29) is 22.2 Å². The lowest BCUT2D eigenvalue weighted by Gasteiger charge is -2.66. The van der Waals surface area contributed by atoms with Gasteiger partial charge >= 0.3 is 6.18 Å². The Balaban J connectivity index is 1.05. The van der Waals surface area contributed by atoms with Gasteiger partial charge in [0.15, 0.2) is 5.82 Å². The number of nitrogens with zero attached hydrogens (tertiary/aromatic N) is 5. The maximum atomic E-state index is 14.3. The Hall–Kier alpha value is -3.37. The van der Waals surface area contributed by atoms with Crippen LogP contribution in [0.15, 0.2) is 41.2 Å². The molecule has 226 valence electrons. The number of carbonyl (C=O) groups is 1. The Kier molecular flexibility index (Phi) is 5.74. The summed E-state index contributed by atoms with van der Waals surface area (Å²) in [6.45, 7) is 0.545. The van der Waals surface area contributed by atoms with Gasteiger partial charge in [0.2, 0.25) is 17.6 Å². The molecule has 2 heterocycles. The smallest absolute Gasteiger partial charge is 0.339 e. The summed E-state index contributed by atoms with van der Waals surface area (Å²) in [5.41, 5.74) is 0.258. The number of anilines is 1. The van der Waals surface area contributed by atoms with Crippen LogP contribution in [0.3, 0.4) is 0 Å². The second-order valence-electron chi connectivity index (χ2n) is 14.2. The lowest BCUT2D eigenvalue weighted by atomic mass is 9.41. The van der Waals surface area contributed by atoms with Crippen LogP contribution < -0.4 is 4.90 Å². The number of halogens is 4. The predicted molar refractivity (Wildman–Crippen MR) is 148 cm³/mol. The average molecular weight is 596 g/mol. The van der Waals surface area contributed by atoms with Crippen molar-refractivity contribution in [3.63, 3.8) is 0 Å². The van der Waals surface area contributed by atoms with Gasteiger partial charge in [-0.2, -0.15) is 18.2 Å². The van der Waals surface area contributed by atoms with E-state index in [2.05, 4.69) is 15.1 Å². The molecule has 0 saturated heterocycles. The van der Waals surface area contributed by atoms with Crippen molar-refractivity contribution in [1.82, 2.24) is 20.1 Å². The highest BCUT2D eigenvalue weighted by Gasteiger charge is 2.69. The molecule has 2 aromatic heterocycles. The van der Waals surface area contributed by atoms with Gasteiger partial charge in [0, 0.05) is 47.9 Å². The Morgan fingerprint density at radius 2 is 1.63 bits per heavy atom. The van der Waals surface area contributed by atoms with E-state index in [1.165, 1.54) is 0 Å². The van der Waals surface area contributed by atoms with Crippen molar-refractivity contribution >= 4 is 11.6 Å². The van der Waals surface area contributed by atoms with E-state index in [9.17, 15) is 22.4 Å². The van der Waals surface area contributed by atoms with Crippen molar-refractivity contribution in [2.75, 3.05) is 11.4 Å². The SMILES string of the molecule is O=C(CC12CC(F)(C1)C2)N(CC12CCC(c3nc(C4CC4)no3)(CC1)CC2)c1cccc(-c2cnc(C(F)(F)F)nc2)c1. The fourth-order valence-electron chi connectivity index (χ4n) is 8.38. The molecule has 1 amide bonds. The lowest BCUT2D eigenvalue weighted by Crippen LogP contribution is -2.65. The number of amides is 1. The molecule has 0 atom stereocenters. The van der Waals surface area contributed by atoms with Gasteiger partial charge in [0.1, 0.15) is 5.67 Å². The third-order valence-corrected chi connectivity index (χ3v) is 11.0. The molecule has 0 aliphatic heterocycles. The minimum Gasteiger partial charge on any atom is -0.339 e. The molecular formula is C32H33F4N5O2. The standard InChI is InChI=1S/C32H33F4N5O2/c33-31-16-29(17-31,18-31)13-24(42)41(23-3-1-2-21(12-23)22-14-37-26(38-15-22)32(34,35)36)19-28-6-9-30(10-7-28,11-8-28)27-39-25(40-43-27)20-4-5-20/h1-3,12,14-15,20H,4-11,13,16-19H2. The normalized spacial score (nSPS) is 32.7. The van der Waals surface area contributed by atoms with E-state index in [1.807, 2.05) is 17.0 Å². The first-order chi connectivity index (χ1) is 20.5. The van der Waals surface area contributed by atoms with Crippen LogP contribution in [0.2, 0.25) is 0 Å². The average Bonchev–Trinajstić information content (AvgIpc) is 3.70. The van der Waals surface area contributed by atoms with Crippen LogP contribution in [-0.2, 0) is 16.4 Å². The summed E-state index contributed by atoms with van der Waals surface area (Å²) in [6, 6.07) is 7.28. The van der Waals surface area contributed by atoms with Crippen molar-refractivity contribution in [2.45, 2.75) is 100 Å². The fourth-order valence-corrected chi connectivity index (χ4v) is 8.38. The third-order valence-electron chi connectivity index (χ3n) is 11.0. The summed E-state index contributed by atoms with van der Waals surface area (Å²) >= 11 is 0. The first-order valence-corrected chi connectivity index (χ1v) is 15.3. The summed E-state index contributed by atoms with van der Waals surface area (Å²) in [4.78, 5) is 27.7. The zero-order valence-corrected chi connectivity index (χ0v) is 23.8. The van der Waals surface area contributed by atoms with Crippen LogP contribution in [0.4, 0.5) is 23.2 Å². The van der Waals surface area contributed by atoms with E-state index in [4.69, 9.17) is 9.51 Å². The molecule has 0 spiro atoms. The Morgan fingerprint density at radius 3 is 2.23 bits per heavy atom. The highest BCUT2D eigenvalue weighted by molar-refractivity contribution is 5.95. The molecule has 1 aromatic carbocycles. The maximum absolute atomic E-state index is 14.3. The van der Waals surface area contributed by atoms with Crippen LogP contribution in [0.25, 0.3) is 11.1 Å². The van der Waals surface area contributed by atoms with Crippen molar-refractivity contribution in [3.8, 4) is 11.1 Å². The number of aromatic nitrogens is 4. The van der Waals surface area contributed by atoms with Gasteiger partial charge in [-0.15, -0.1) is 0 Å². The minimum absolute atomic E-state index is 0.0228. The Bertz CT molecular complexity index is 1540. The third kappa shape index (κ3) is 4.65. The highest BCUT2D eigenvalue weighted by Crippen LogP contribution is 2.71. The maximum Gasteiger partial charge on any atom is 0.451 e. The molecular weight excluding hydrogens is 562 g/mol. The predicted octanol–water partition coefficient (Wildman–Crippen LogP) is 7.33. The van der Waals surface area contributed by atoms with E-state index in [0.29, 0.717) is 55.0 Å². The van der Waals surface area contributed by atoms with Crippen molar-refractivity contribution in [2.24, 2.45) is 10.8 Å². The van der Waals surface area contributed by atoms with E-state index in [1.54, 1.807) is 12.1 Å². The summed E-state index contributed by atoms with van der Waals surface area (Å²) in [7, 11) is 0. The fraction of sp³-hybridized carbons (Fsp3) is 0.594. The first-order valence-electron chi connectivity index (χ1n) is 15.3. The van der Waals surface area contributed by atoms with Gasteiger partial charge in [-0.1, -0.05) is 17.3 Å². The molecule has 4 bridgehead atoms. The highest BCUT2D eigenvalue weighted by atomic mass is 19.4. The number of alkyl halides is 4. The monoisotopic (exact) mass is 595 g/mol. The summed E-state index contributed by atoms with van der Waals surface area (Å²) < 4.78 is 59.2. The van der Waals surface area contributed by atoms with E-state index < -0.39 is 17.7 Å². The van der Waals surface area contributed by atoms with Gasteiger partial charge in [-0.25, -0.2) is 14.4 Å². The lowest BCUT2D eigenvalue weighted by molar-refractivity contribution is -0.215.